The number of aromatic nitrogens is 4. The van der Waals surface area contributed by atoms with Crippen LogP contribution >= 0.6 is 11.8 Å². The summed E-state index contributed by atoms with van der Waals surface area (Å²) in [5, 5.41) is 0.353. The summed E-state index contributed by atoms with van der Waals surface area (Å²) in [7, 11) is 0. The van der Waals surface area contributed by atoms with Gasteiger partial charge in [-0.3, -0.25) is 9.36 Å². The molecule has 0 aliphatic carbocycles. The van der Waals surface area contributed by atoms with Crippen molar-refractivity contribution in [3.63, 3.8) is 0 Å². The van der Waals surface area contributed by atoms with Gasteiger partial charge in [0.25, 0.3) is 0 Å². The highest BCUT2D eigenvalue weighted by molar-refractivity contribution is 8.13. The van der Waals surface area contributed by atoms with Gasteiger partial charge in [-0.15, -0.1) is 0 Å². The molecule has 2 aromatic rings. The molecule has 3 heterocycles. The summed E-state index contributed by atoms with van der Waals surface area (Å²) in [5.41, 5.74) is 1.32. The third-order valence-electron chi connectivity index (χ3n) is 4.40. The van der Waals surface area contributed by atoms with Gasteiger partial charge in [0.15, 0.2) is 15.9 Å². The molecule has 160 valence electrons. The van der Waals surface area contributed by atoms with Crippen LogP contribution in [0.15, 0.2) is 17.7 Å². The molecule has 3 rings (SSSR count). The Labute approximate surface area is 175 Å². The van der Waals surface area contributed by atoms with Gasteiger partial charge in [0.05, 0.1) is 25.2 Å². The highest BCUT2D eigenvalue weighted by Gasteiger charge is 2.38. The van der Waals surface area contributed by atoms with Crippen LogP contribution in [0.4, 0.5) is 0 Å². The van der Waals surface area contributed by atoms with E-state index in [1.165, 1.54) is 6.92 Å². The summed E-state index contributed by atoms with van der Waals surface area (Å²) >= 11 is 1.01. The summed E-state index contributed by atoms with van der Waals surface area (Å²) in [6, 6.07) is 0. The first-order chi connectivity index (χ1) is 13.8. The Kier molecular flexibility index (Phi) is 7.61. The van der Waals surface area contributed by atoms with Crippen molar-refractivity contribution in [1.82, 2.24) is 19.5 Å². The van der Waals surface area contributed by atoms with Crippen LogP contribution in [0.2, 0.25) is 0 Å². The van der Waals surface area contributed by atoms with Crippen LogP contribution in [0.25, 0.3) is 11.2 Å². The number of carbonyl (C=O) groups is 1. The van der Waals surface area contributed by atoms with Crippen molar-refractivity contribution in [2.24, 2.45) is 11.8 Å². The van der Waals surface area contributed by atoms with Gasteiger partial charge in [-0.2, -0.15) is 0 Å². The summed E-state index contributed by atoms with van der Waals surface area (Å²) in [6.45, 7) is 11.9. The first-order valence-electron chi connectivity index (χ1n) is 10.1. The van der Waals surface area contributed by atoms with Crippen LogP contribution in [0.5, 0.6) is 0 Å². The molecule has 29 heavy (non-hydrogen) atoms. The van der Waals surface area contributed by atoms with E-state index < -0.39 is 0 Å². The van der Waals surface area contributed by atoms with Crippen LogP contribution in [0, 0.1) is 11.8 Å². The van der Waals surface area contributed by atoms with Gasteiger partial charge in [0, 0.05) is 26.6 Å². The second-order valence-corrected chi connectivity index (χ2v) is 9.31. The Balaban J connectivity index is 1.77. The van der Waals surface area contributed by atoms with Crippen molar-refractivity contribution in [2.75, 3.05) is 19.8 Å². The lowest BCUT2D eigenvalue weighted by Crippen LogP contribution is -2.30. The number of thioether (sulfide) groups is 1. The Bertz CT molecular complexity index is 826. The van der Waals surface area contributed by atoms with Gasteiger partial charge in [-0.1, -0.05) is 27.7 Å². The standard InChI is InChI=1S/C20H30N4O4S/c1-12(2)8-26-10-17-16(27-9-13(3)4)6-18(28-17)24-11-22-15-7-21-20(23-19(15)24)29-14(5)25/h7,11-13,16-18H,6,8-10H2,1-5H3/t16-,17+,18+/m0/s1. The molecular formula is C20H30N4O4S. The predicted octanol–water partition coefficient (Wildman–Crippen LogP) is 3.47. The van der Waals surface area contributed by atoms with E-state index in [9.17, 15) is 4.79 Å². The highest BCUT2D eigenvalue weighted by Crippen LogP contribution is 2.33. The molecule has 1 fully saturated rings. The van der Waals surface area contributed by atoms with Crippen molar-refractivity contribution in [1.29, 1.82) is 0 Å². The number of rotatable bonds is 9. The van der Waals surface area contributed by atoms with Crippen molar-refractivity contribution in [3.05, 3.63) is 12.5 Å². The van der Waals surface area contributed by atoms with Gasteiger partial charge in [0.2, 0.25) is 0 Å². The number of hydrogen-bond donors (Lipinski definition) is 0. The average molecular weight is 423 g/mol. The summed E-state index contributed by atoms with van der Waals surface area (Å²) in [5.74, 6) is 0.910. The maximum atomic E-state index is 11.4. The Hall–Kier alpha value is -1.55. The zero-order valence-corrected chi connectivity index (χ0v) is 18.5. The molecule has 0 aromatic carbocycles. The Morgan fingerprint density at radius 3 is 2.72 bits per heavy atom. The number of hydrogen-bond acceptors (Lipinski definition) is 8. The smallest absolute Gasteiger partial charge is 0.197 e. The van der Waals surface area contributed by atoms with Crippen LogP contribution in [0.3, 0.4) is 0 Å². The van der Waals surface area contributed by atoms with Crippen molar-refractivity contribution in [2.45, 2.75) is 64.6 Å². The van der Waals surface area contributed by atoms with Gasteiger partial charge in [0.1, 0.15) is 17.8 Å². The molecule has 9 heteroatoms. The monoisotopic (exact) mass is 422 g/mol. The maximum Gasteiger partial charge on any atom is 0.197 e. The van der Waals surface area contributed by atoms with Crippen molar-refractivity contribution < 1.29 is 19.0 Å². The number of nitrogens with zero attached hydrogens (tertiary/aromatic N) is 4. The molecule has 0 saturated carbocycles. The zero-order chi connectivity index (χ0) is 21.0. The minimum Gasteiger partial charge on any atom is -0.378 e. The van der Waals surface area contributed by atoms with Gasteiger partial charge in [-0.05, 0) is 23.6 Å². The molecule has 8 nitrogen and oxygen atoms in total. The minimum absolute atomic E-state index is 0.0556. The Morgan fingerprint density at radius 2 is 2.03 bits per heavy atom. The largest absolute Gasteiger partial charge is 0.378 e. The minimum atomic E-state index is -0.255. The van der Waals surface area contributed by atoms with E-state index >= 15 is 0 Å². The second kappa shape index (κ2) is 9.97. The van der Waals surface area contributed by atoms with E-state index in [1.807, 2.05) is 4.57 Å². The Morgan fingerprint density at radius 1 is 1.28 bits per heavy atom. The number of imidazole rings is 1. The van der Waals surface area contributed by atoms with Crippen LogP contribution < -0.4 is 0 Å². The molecule has 0 bridgehead atoms. The maximum absolute atomic E-state index is 11.4. The number of carbonyl (C=O) groups excluding carboxylic acids is 1. The summed E-state index contributed by atoms with van der Waals surface area (Å²) in [4.78, 5) is 24.5. The zero-order valence-electron chi connectivity index (χ0n) is 17.7. The molecular weight excluding hydrogens is 392 g/mol. The quantitative estimate of drug-likeness (QED) is 0.448. The van der Waals surface area contributed by atoms with E-state index in [-0.39, 0.29) is 23.6 Å². The van der Waals surface area contributed by atoms with Crippen molar-refractivity contribution in [3.8, 4) is 0 Å². The van der Waals surface area contributed by atoms with Crippen LogP contribution in [-0.4, -0.2) is 56.7 Å². The fraction of sp³-hybridized carbons (Fsp3) is 0.700. The van der Waals surface area contributed by atoms with Crippen molar-refractivity contribution >= 4 is 28.0 Å². The van der Waals surface area contributed by atoms with E-state index in [1.54, 1.807) is 12.5 Å². The molecule has 0 unspecified atom stereocenters. The van der Waals surface area contributed by atoms with E-state index in [2.05, 4.69) is 42.6 Å². The molecule has 0 amide bonds. The van der Waals surface area contributed by atoms with Crippen LogP contribution in [0.1, 0.15) is 47.3 Å². The van der Waals surface area contributed by atoms with E-state index in [0.717, 1.165) is 11.8 Å². The van der Waals surface area contributed by atoms with Gasteiger partial charge >= 0.3 is 0 Å². The topological polar surface area (TPSA) is 88.4 Å². The third kappa shape index (κ3) is 5.97. The first kappa shape index (κ1) is 22.1. The molecule has 3 atom stereocenters. The lowest BCUT2D eigenvalue weighted by atomic mass is 10.1. The van der Waals surface area contributed by atoms with Crippen LogP contribution in [-0.2, 0) is 19.0 Å². The lowest BCUT2D eigenvalue weighted by Gasteiger charge is -2.20. The first-order valence-corrected chi connectivity index (χ1v) is 10.9. The predicted molar refractivity (Wildman–Crippen MR) is 111 cm³/mol. The SMILES string of the molecule is CC(=O)Sc1ncc2ncn([C@H]3C[C@H](OCC(C)C)[C@@H](COCC(C)C)O3)c2n1. The lowest BCUT2D eigenvalue weighted by molar-refractivity contribution is -0.109. The fourth-order valence-electron chi connectivity index (χ4n) is 3.13. The highest BCUT2D eigenvalue weighted by atomic mass is 32.2. The molecule has 0 spiro atoms. The fourth-order valence-corrected chi connectivity index (χ4v) is 3.63. The normalized spacial score (nSPS) is 22.2. The van der Waals surface area contributed by atoms with E-state index in [0.29, 0.717) is 54.4 Å². The second-order valence-electron chi connectivity index (χ2n) is 8.17. The number of fused-ring (bicyclic) bond motifs is 1. The molecule has 0 N–H and O–H groups in total. The average Bonchev–Trinajstić information content (AvgIpc) is 3.22. The molecule has 1 saturated heterocycles. The van der Waals surface area contributed by atoms with Gasteiger partial charge in [-0.25, -0.2) is 15.0 Å². The molecule has 1 aliphatic heterocycles. The van der Waals surface area contributed by atoms with Gasteiger partial charge < -0.3 is 14.2 Å². The molecule has 2 aromatic heterocycles. The summed E-state index contributed by atoms with van der Waals surface area (Å²) < 4.78 is 20.2. The number of ether oxygens (including phenoxy) is 3. The summed E-state index contributed by atoms with van der Waals surface area (Å²) in [6.07, 6.45) is 3.57. The van der Waals surface area contributed by atoms with E-state index in [4.69, 9.17) is 14.2 Å². The molecule has 0 radical (unpaired) electrons. The third-order valence-corrected chi connectivity index (χ3v) is 5.06. The molecule has 1 aliphatic rings.